The lowest BCUT2D eigenvalue weighted by atomic mass is 10.0. The van der Waals surface area contributed by atoms with Crippen molar-refractivity contribution in [3.05, 3.63) is 35.9 Å². The molecule has 0 bridgehead atoms. The number of nitrogen functional groups attached to an aromatic ring is 1. The molecule has 0 aliphatic carbocycles. The zero-order chi connectivity index (χ0) is 17.5. The number of hydrogen-bond donors (Lipinski definition) is 1. The Bertz CT molecular complexity index is 662. The van der Waals surface area contributed by atoms with Gasteiger partial charge in [0.2, 0.25) is 0 Å². The molecule has 2 rings (SSSR count). The Morgan fingerprint density at radius 1 is 1.12 bits per heavy atom. The summed E-state index contributed by atoms with van der Waals surface area (Å²) in [6.45, 7) is 8.35. The van der Waals surface area contributed by atoms with Crippen LogP contribution in [0.5, 0.6) is 0 Å². The molecule has 5 heteroatoms. The van der Waals surface area contributed by atoms with Crippen LogP contribution in [0.25, 0.3) is 11.1 Å². The molecule has 0 saturated heterocycles. The first kappa shape index (κ1) is 18.3. The Morgan fingerprint density at radius 3 is 2.29 bits per heavy atom. The third-order valence-corrected chi connectivity index (χ3v) is 4.81. The van der Waals surface area contributed by atoms with Crippen molar-refractivity contribution >= 4 is 27.3 Å². The van der Waals surface area contributed by atoms with E-state index in [0.29, 0.717) is 17.2 Å². The van der Waals surface area contributed by atoms with Crippen LogP contribution in [0.2, 0.25) is 0 Å². The summed E-state index contributed by atoms with van der Waals surface area (Å²) in [6, 6.07) is 9.96. The molecule has 0 unspecified atom stereocenters. The number of benzene rings is 1. The highest BCUT2D eigenvalue weighted by atomic mass is 32.1. The maximum atomic E-state index is 12.5. The van der Waals surface area contributed by atoms with E-state index in [2.05, 4.69) is 18.7 Å². The Morgan fingerprint density at radius 2 is 1.75 bits per heavy atom. The molecule has 0 atom stereocenters. The van der Waals surface area contributed by atoms with E-state index in [-0.39, 0.29) is 5.97 Å². The van der Waals surface area contributed by atoms with Gasteiger partial charge in [-0.05, 0) is 25.3 Å². The number of ether oxygens (including phenoxy) is 1. The number of carbonyl (C=O) groups excluding carboxylic acids is 1. The van der Waals surface area contributed by atoms with Gasteiger partial charge in [-0.15, -0.1) is 0 Å². The van der Waals surface area contributed by atoms with Gasteiger partial charge in [-0.2, -0.15) is 0 Å². The maximum Gasteiger partial charge on any atom is 0.341 e. The molecule has 4 nitrogen and oxygen atoms in total. The lowest BCUT2D eigenvalue weighted by Crippen LogP contribution is -2.24. The van der Waals surface area contributed by atoms with Gasteiger partial charge < -0.3 is 15.4 Å². The van der Waals surface area contributed by atoms with Gasteiger partial charge in [0.05, 0.1) is 6.61 Å². The predicted molar refractivity (Wildman–Crippen MR) is 103 cm³/mol. The molecule has 0 amide bonds. The molecule has 0 fully saturated rings. The van der Waals surface area contributed by atoms with Crippen LogP contribution in [0.15, 0.2) is 30.3 Å². The van der Waals surface area contributed by atoms with Crippen LogP contribution in [-0.2, 0) is 4.74 Å². The summed E-state index contributed by atoms with van der Waals surface area (Å²) in [6.07, 6.45) is 2.08. The average molecular weight is 346 g/mol. The molecule has 0 aliphatic heterocycles. The normalized spacial score (nSPS) is 10.6. The highest BCUT2D eigenvalue weighted by molar-refractivity contribution is 7.21. The predicted octanol–water partition coefficient (Wildman–Crippen LogP) is 4.80. The lowest BCUT2D eigenvalue weighted by molar-refractivity contribution is 0.0529. The summed E-state index contributed by atoms with van der Waals surface area (Å²) in [5, 5.41) is 1.59. The quantitative estimate of drug-likeness (QED) is 0.698. The smallest absolute Gasteiger partial charge is 0.341 e. The summed E-state index contributed by atoms with van der Waals surface area (Å²) >= 11 is 1.48. The van der Waals surface area contributed by atoms with E-state index < -0.39 is 0 Å². The van der Waals surface area contributed by atoms with Crippen molar-refractivity contribution in [3.8, 4) is 11.1 Å². The van der Waals surface area contributed by atoms with E-state index in [1.807, 2.05) is 37.3 Å². The summed E-state index contributed by atoms with van der Waals surface area (Å²) < 4.78 is 5.25. The van der Waals surface area contributed by atoms with Crippen LogP contribution < -0.4 is 10.6 Å². The summed E-state index contributed by atoms with van der Waals surface area (Å²) in [7, 11) is 0. The standard InChI is InChI=1S/C19H26N2O2S/c1-4-12-21(13-5-2)18-15(14-10-8-7-9-11-14)16(17(20)24-18)19(22)23-6-3/h7-11H,4-6,12-13,20H2,1-3H3. The summed E-state index contributed by atoms with van der Waals surface area (Å²) in [5.74, 6) is -0.343. The second kappa shape index (κ2) is 8.73. The number of anilines is 2. The molecule has 0 spiro atoms. The molecule has 2 N–H and O–H groups in total. The molecule has 2 aromatic rings. The second-order valence-corrected chi connectivity index (χ2v) is 6.63. The largest absolute Gasteiger partial charge is 0.462 e. The van der Waals surface area contributed by atoms with E-state index in [4.69, 9.17) is 10.5 Å². The molecule has 0 saturated carbocycles. The number of thiophene rings is 1. The van der Waals surface area contributed by atoms with Crippen LogP contribution in [-0.4, -0.2) is 25.7 Å². The average Bonchev–Trinajstić information content (AvgIpc) is 2.93. The Hall–Kier alpha value is -2.01. The monoisotopic (exact) mass is 346 g/mol. The first-order chi connectivity index (χ1) is 11.6. The van der Waals surface area contributed by atoms with Gasteiger partial charge in [0.25, 0.3) is 0 Å². The van der Waals surface area contributed by atoms with Crippen molar-refractivity contribution in [2.24, 2.45) is 0 Å². The van der Waals surface area contributed by atoms with Gasteiger partial charge in [-0.1, -0.05) is 55.5 Å². The van der Waals surface area contributed by atoms with Gasteiger partial charge in [0, 0.05) is 18.7 Å². The fourth-order valence-electron chi connectivity index (χ4n) is 2.79. The fourth-order valence-corrected chi connectivity index (χ4v) is 3.92. The minimum Gasteiger partial charge on any atom is -0.462 e. The second-order valence-electron chi connectivity index (χ2n) is 5.60. The first-order valence-electron chi connectivity index (χ1n) is 8.53. The Balaban J connectivity index is 2.62. The number of hydrogen-bond acceptors (Lipinski definition) is 5. The number of nitrogens with two attached hydrogens (primary N) is 1. The SMILES string of the molecule is CCCN(CCC)c1sc(N)c(C(=O)OCC)c1-c1ccccc1. The molecular formula is C19H26N2O2S. The summed E-state index contributed by atoms with van der Waals surface area (Å²) in [4.78, 5) is 14.8. The number of rotatable bonds is 8. The van der Waals surface area contributed by atoms with Crippen LogP contribution in [0.4, 0.5) is 10.0 Å². The topological polar surface area (TPSA) is 55.6 Å². The third-order valence-electron chi connectivity index (χ3n) is 3.73. The number of carbonyl (C=O) groups is 1. The van der Waals surface area contributed by atoms with Crippen LogP contribution in [0.3, 0.4) is 0 Å². The van der Waals surface area contributed by atoms with Crippen molar-refractivity contribution in [2.45, 2.75) is 33.6 Å². The van der Waals surface area contributed by atoms with Crippen molar-refractivity contribution < 1.29 is 9.53 Å². The molecule has 1 heterocycles. The van der Waals surface area contributed by atoms with E-state index >= 15 is 0 Å². The van der Waals surface area contributed by atoms with Crippen molar-refractivity contribution in [2.75, 3.05) is 30.3 Å². The maximum absolute atomic E-state index is 12.5. The van der Waals surface area contributed by atoms with E-state index in [1.165, 1.54) is 11.3 Å². The molecule has 24 heavy (non-hydrogen) atoms. The van der Waals surface area contributed by atoms with E-state index in [1.54, 1.807) is 0 Å². The first-order valence-corrected chi connectivity index (χ1v) is 9.35. The van der Waals surface area contributed by atoms with Gasteiger partial charge >= 0.3 is 5.97 Å². The minimum absolute atomic E-state index is 0.339. The molecule has 130 valence electrons. The van der Waals surface area contributed by atoms with Gasteiger partial charge in [0.1, 0.15) is 15.6 Å². The zero-order valence-electron chi connectivity index (χ0n) is 14.7. The molecular weight excluding hydrogens is 320 g/mol. The highest BCUT2D eigenvalue weighted by Crippen LogP contribution is 2.45. The van der Waals surface area contributed by atoms with Crippen molar-refractivity contribution in [3.63, 3.8) is 0 Å². The Labute approximate surface area is 148 Å². The molecule has 1 aromatic heterocycles. The van der Waals surface area contributed by atoms with Gasteiger partial charge in [-0.3, -0.25) is 0 Å². The lowest BCUT2D eigenvalue weighted by Gasteiger charge is -2.24. The van der Waals surface area contributed by atoms with Crippen LogP contribution in [0.1, 0.15) is 44.0 Å². The third kappa shape index (κ3) is 3.90. The van der Waals surface area contributed by atoms with E-state index in [0.717, 1.165) is 42.1 Å². The molecule has 0 radical (unpaired) electrons. The van der Waals surface area contributed by atoms with Crippen molar-refractivity contribution in [1.29, 1.82) is 0 Å². The highest BCUT2D eigenvalue weighted by Gasteiger charge is 2.27. The zero-order valence-corrected chi connectivity index (χ0v) is 15.5. The number of esters is 1. The fraction of sp³-hybridized carbons (Fsp3) is 0.421. The molecule has 0 aliphatic rings. The van der Waals surface area contributed by atoms with Gasteiger partial charge in [-0.25, -0.2) is 4.79 Å². The van der Waals surface area contributed by atoms with Crippen LogP contribution in [0, 0.1) is 0 Å². The molecule has 1 aromatic carbocycles. The summed E-state index contributed by atoms with van der Waals surface area (Å²) in [5.41, 5.74) is 8.63. The minimum atomic E-state index is -0.343. The number of nitrogens with zero attached hydrogens (tertiary/aromatic N) is 1. The Kier molecular flexibility index (Phi) is 6.67. The van der Waals surface area contributed by atoms with Gasteiger partial charge in [0.15, 0.2) is 0 Å². The van der Waals surface area contributed by atoms with E-state index in [9.17, 15) is 4.79 Å². The van der Waals surface area contributed by atoms with Crippen molar-refractivity contribution in [1.82, 2.24) is 0 Å². The van der Waals surface area contributed by atoms with Crippen LogP contribution >= 0.6 is 11.3 Å².